The van der Waals surface area contributed by atoms with E-state index in [4.69, 9.17) is 5.26 Å². The minimum Gasteiger partial charge on any atom is -0.199 e. The predicted octanol–water partition coefficient (Wildman–Crippen LogP) is 5.00. The summed E-state index contributed by atoms with van der Waals surface area (Å²) in [6.07, 6.45) is 5.54. The molecular formula is C16H21N. The van der Waals surface area contributed by atoms with Gasteiger partial charge in [-0.3, -0.25) is 0 Å². The smallest absolute Gasteiger partial charge is 0.0587 e. The third-order valence-corrected chi connectivity index (χ3v) is 1.62. The first-order valence-electron chi connectivity index (χ1n) is 5.61. The molecule has 0 aromatic heterocycles. The highest BCUT2D eigenvalue weighted by Crippen LogP contribution is 2.14. The van der Waals surface area contributed by atoms with E-state index in [2.05, 4.69) is 25.3 Å². The van der Waals surface area contributed by atoms with Crippen LogP contribution in [0, 0.1) is 11.3 Å². The largest absolute Gasteiger partial charge is 0.199 e. The van der Waals surface area contributed by atoms with Crippen LogP contribution in [0.15, 0.2) is 61.7 Å². The summed E-state index contributed by atoms with van der Waals surface area (Å²) in [5, 5.41) is 7.32. The van der Waals surface area contributed by atoms with Crippen LogP contribution in [0.3, 0.4) is 0 Å². The summed E-state index contributed by atoms with van der Waals surface area (Å²) in [5.74, 6) is 0. The van der Waals surface area contributed by atoms with Crippen LogP contribution in [-0.2, 0) is 0 Å². The lowest BCUT2D eigenvalue weighted by Crippen LogP contribution is -1.77. The van der Waals surface area contributed by atoms with Crippen molar-refractivity contribution in [3.63, 3.8) is 0 Å². The van der Waals surface area contributed by atoms with Gasteiger partial charge in [-0.05, 0) is 11.1 Å². The SMILES string of the molecule is C=C/C=C(\C=C)c1ccccc1.CC.CC#N. The Hall–Kier alpha value is -2.07. The minimum absolute atomic E-state index is 1.10. The van der Waals surface area contributed by atoms with Crippen LogP contribution in [0.2, 0.25) is 0 Å². The first kappa shape index (κ1) is 17.3. The molecule has 0 heterocycles. The van der Waals surface area contributed by atoms with E-state index < -0.39 is 0 Å². The summed E-state index contributed by atoms with van der Waals surface area (Å²) in [6.45, 7) is 12.8. The maximum atomic E-state index is 7.32. The molecule has 0 aliphatic carbocycles. The zero-order valence-electron chi connectivity index (χ0n) is 11.0. The molecule has 0 unspecified atom stereocenters. The number of allylic oxidation sites excluding steroid dienone is 4. The Balaban J connectivity index is 0. The number of nitriles is 1. The highest BCUT2D eigenvalue weighted by Gasteiger charge is 1.92. The van der Waals surface area contributed by atoms with Crippen molar-refractivity contribution in [2.75, 3.05) is 0 Å². The summed E-state index contributed by atoms with van der Waals surface area (Å²) in [4.78, 5) is 0. The lowest BCUT2D eigenvalue weighted by Gasteiger charge is -1.99. The Bertz CT molecular complexity index is 366. The van der Waals surface area contributed by atoms with Gasteiger partial charge < -0.3 is 0 Å². The molecule has 0 aliphatic rings. The monoisotopic (exact) mass is 227 g/mol. The van der Waals surface area contributed by atoms with Crippen molar-refractivity contribution in [1.82, 2.24) is 0 Å². The molecule has 1 rings (SSSR count). The highest BCUT2D eigenvalue weighted by molar-refractivity contribution is 5.74. The highest BCUT2D eigenvalue weighted by atomic mass is 14.2. The van der Waals surface area contributed by atoms with Crippen LogP contribution in [-0.4, -0.2) is 0 Å². The Morgan fingerprint density at radius 2 is 1.65 bits per heavy atom. The van der Waals surface area contributed by atoms with E-state index in [1.165, 1.54) is 12.5 Å². The third-order valence-electron chi connectivity index (χ3n) is 1.62. The van der Waals surface area contributed by atoms with Gasteiger partial charge in [0.1, 0.15) is 0 Å². The first-order valence-corrected chi connectivity index (χ1v) is 5.61. The Kier molecular flexibility index (Phi) is 14.2. The Labute approximate surface area is 105 Å². The third kappa shape index (κ3) is 8.89. The van der Waals surface area contributed by atoms with Crippen molar-refractivity contribution >= 4 is 5.57 Å². The molecule has 0 saturated heterocycles. The van der Waals surface area contributed by atoms with Crippen molar-refractivity contribution in [1.29, 1.82) is 5.26 Å². The Morgan fingerprint density at radius 3 is 2.00 bits per heavy atom. The molecule has 90 valence electrons. The van der Waals surface area contributed by atoms with Crippen molar-refractivity contribution in [3.05, 3.63) is 67.3 Å². The van der Waals surface area contributed by atoms with Crippen LogP contribution in [0.25, 0.3) is 5.57 Å². The van der Waals surface area contributed by atoms with Crippen LogP contribution < -0.4 is 0 Å². The standard InChI is InChI=1S/C12H12.C2H3N.C2H6/c1-3-8-11(4-2)12-9-6-5-7-10-12;1-2-3;1-2/h3-10H,1-2H2;1H3;1-2H3/b11-8+;;. The van der Waals surface area contributed by atoms with Crippen LogP contribution in [0.5, 0.6) is 0 Å². The lowest BCUT2D eigenvalue weighted by atomic mass is 10.1. The molecule has 1 aromatic rings. The summed E-state index contributed by atoms with van der Waals surface area (Å²) in [6, 6.07) is 11.9. The number of rotatable bonds is 3. The molecule has 0 spiro atoms. The molecule has 1 heteroatoms. The van der Waals surface area contributed by atoms with E-state index in [-0.39, 0.29) is 0 Å². The summed E-state index contributed by atoms with van der Waals surface area (Å²) in [7, 11) is 0. The fourth-order valence-corrected chi connectivity index (χ4v) is 1.04. The molecule has 17 heavy (non-hydrogen) atoms. The molecule has 1 nitrogen and oxygen atoms in total. The van der Waals surface area contributed by atoms with E-state index in [1.54, 1.807) is 12.1 Å². The number of benzene rings is 1. The van der Waals surface area contributed by atoms with Crippen molar-refractivity contribution in [2.24, 2.45) is 0 Å². The molecule has 0 fully saturated rings. The average molecular weight is 227 g/mol. The van der Waals surface area contributed by atoms with Gasteiger partial charge in [-0.15, -0.1) is 0 Å². The number of hydrogen-bond donors (Lipinski definition) is 0. The normalized spacial score (nSPS) is 8.47. The fraction of sp³-hybridized carbons (Fsp3) is 0.188. The van der Waals surface area contributed by atoms with Crippen LogP contribution in [0.1, 0.15) is 26.3 Å². The van der Waals surface area contributed by atoms with Gasteiger partial charge in [0.25, 0.3) is 0 Å². The molecule has 0 atom stereocenters. The van der Waals surface area contributed by atoms with E-state index >= 15 is 0 Å². The summed E-state index contributed by atoms with van der Waals surface area (Å²) < 4.78 is 0. The lowest BCUT2D eigenvalue weighted by molar-refractivity contribution is 1.49. The van der Waals surface area contributed by atoms with Crippen molar-refractivity contribution in [2.45, 2.75) is 20.8 Å². The summed E-state index contributed by atoms with van der Waals surface area (Å²) in [5.41, 5.74) is 2.28. The molecule has 0 radical (unpaired) electrons. The second kappa shape index (κ2) is 13.9. The molecule has 0 N–H and O–H groups in total. The molecular weight excluding hydrogens is 206 g/mol. The second-order valence-electron chi connectivity index (χ2n) is 2.65. The van der Waals surface area contributed by atoms with E-state index in [1.807, 2.05) is 44.2 Å². The van der Waals surface area contributed by atoms with E-state index in [0.29, 0.717) is 0 Å². The van der Waals surface area contributed by atoms with Gasteiger partial charge >= 0.3 is 0 Å². The average Bonchev–Trinajstić information content (AvgIpc) is 2.40. The molecule has 1 aromatic carbocycles. The van der Waals surface area contributed by atoms with Gasteiger partial charge in [-0.25, -0.2) is 0 Å². The fourth-order valence-electron chi connectivity index (χ4n) is 1.04. The van der Waals surface area contributed by atoms with Crippen LogP contribution in [0.4, 0.5) is 0 Å². The van der Waals surface area contributed by atoms with Crippen molar-refractivity contribution in [3.8, 4) is 6.07 Å². The maximum Gasteiger partial charge on any atom is 0.0587 e. The zero-order valence-corrected chi connectivity index (χ0v) is 11.0. The molecule has 0 aliphatic heterocycles. The van der Waals surface area contributed by atoms with Gasteiger partial charge in [0.05, 0.1) is 6.07 Å². The van der Waals surface area contributed by atoms with Crippen molar-refractivity contribution < 1.29 is 0 Å². The van der Waals surface area contributed by atoms with Crippen LogP contribution >= 0.6 is 0 Å². The number of nitrogens with zero attached hydrogens (tertiary/aromatic N) is 1. The van der Waals surface area contributed by atoms with E-state index in [9.17, 15) is 0 Å². The van der Waals surface area contributed by atoms with Gasteiger partial charge in [-0.2, -0.15) is 5.26 Å². The summed E-state index contributed by atoms with van der Waals surface area (Å²) >= 11 is 0. The first-order chi connectivity index (χ1) is 8.29. The number of hydrogen-bond acceptors (Lipinski definition) is 1. The second-order valence-corrected chi connectivity index (χ2v) is 2.65. The van der Waals surface area contributed by atoms with Gasteiger partial charge in [0, 0.05) is 6.92 Å². The quantitative estimate of drug-likeness (QED) is 0.667. The van der Waals surface area contributed by atoms with Gasteiger partial charge in [-0.1, -0.05) is 75.6 Å². The predicted molar refractivity (Wildman–Crippen MR) is 77.4 cm³/mol. The molecule has 0 bridgehead atoms. The maximum absolute atomic E-state index is 7.32. The molecule has 0 amide bonds. The zero-order chi connectivity index (χ0) is 13.5. The topological polar surface area (TPSA) is 23.8 Å². The van der Waals surface area contributed by atoms with Gasteiger partial charge in [0.2, 0.25) is 0 Å². The van der Waals surface area contributed by atoms with Gasteiger partial charge in [0.15, 0.2) is 0 Å². The Morgan fingerprint density at radius 1 is 1.18 bits per heavy atom. The molecule has 0 saturated carbocycles. The minimum atomic E-state index is 1.10. The van der Waals surface area contributed by atoms with E-state index in [0.717, 1.165) is 5.57 Å².